The molecule has 0 radical (unpaired) electrons. The van der Waals surface area contributed by atoms with Gasteiger partial charge in [0.1, 0.15) is 5.78 Å². The molecule has 17 heavy (non-hydrogen) atoms. The van der Waals surface area contributed by atoms with Crippen LogP contribution in [0, 0.1) is 6.92 Å². The molecule has 0 aromatic heterocycles. The van der Waals surface area contributed by atoms with E-state index in [0.717, 1.165) is 12.8 Å². The molecule has 1 fully saturated rings. The van der Waals surface area contributed by atoms with Crippen molar-refractivity contribution in [3.05, 3.63) is 35.4 Å². The second-order valence-electron chi connectivity index (χ2n) is 4.84. The molecule has 1 saturated heterocycles. The number of aryl methyl sites for hydroxylation is 1. The van der Waals surface area contributed by atoms with Crippen molar-refractivity contribution in [1.29, 1.82) is 0 Å². The molecule has 1 aliphatic heterocycles. The Morgan fingerprint density at radius 2 is 2.06 bits per heavy atom. The molecule has 0 saturated carbocycles. The van der Waals surface area contributed by atoms with Crippen LogP contribution >= 0.6 is 0 Å². The van der Waals surface area contributed by atoms with Crippen molar-refractivity contribution < 1.29 is 9.53 Å². The van der Waals surface area contributed by atoms with Crippen molar-refractivity contribution in [2.24, 2.45) is 0 Å². The summed E-state index contributed by atoms with van der Waals surface area (Å²) in [6.07, 6.45) is 2.25. The summed E-state index contributed by atoms with van der Waals surface area (Å²) in [6.45, 7) is 5.42. The van der Waals surface area contributed by atoms with E-state index in [2.05, 4.69) is 25.1 Å². The first kappa shape index (κ1) is 12.3. The molecule has 0 N–H and O–H groups in total. The fourth-order valence-corrected chi connectivity index (χ4v) is 2.73. The Morgan fingerprint density at radius 3 is 2.65 bits per heavy atom. The molecule has 2 heteroatoms. The summed E-state index contributed by atoms with van der Waals surface area (Å²) in [5.74, 6) is 0.353. The highest BCUT2D eigenvalue weighted by molar-refractivity contribution is 5.90. The van der Waals surface area contributed by atoms with E-state index < -0.39 is 0 Å². The highest BCUT2D eigenvalue weighted by Crippen LogP contribution is 2.37. The van der Waals surface area contributed by atoms with Crippen LogP contribution in [0.4, 0.5) is 0 Å². The van der Waals surface area contributed by atoms with Crippen LogP contribution in [0.15, 0.2) is 24.3 Å². The molecule has 92 valence electrons. The van der Waals surface area contributed by atoms with Gasteiger partial charge in [0, 0.05) is 19.6 Å². The lowest BCUT2D eigenvalue weighted by molar-refractivity contribution is -0.127. The molecule has 2 nitrogen and oxygen atoms in total. The average molecular weight is 232 g/mol. The summed E-state index contributed by atoms with van der Waals surface area (Å²) in [5, 5.41) is 0. The Morgan fingerprint density at radius 1 is 1.35 bits per heavy atom. The minimum absolute atomic E-state index is 0.293. The van der Waals surface area contributed by atoms with Crippen molar-refractivity contribution >= 4 is 5.78 Å². The Labute approximate surface area is 103 Å². The molecule has 1 aliphatic rings. The topological polar surface area (TPSA) is 26.3 Å². The van der Waals surface area contributed by atoms with Crippen LogP contribution in [0.25, 0.3) is 0 Å². The van der Waals surface area contributed by atoms with Gasteiger partial charge in [-0.15, -0.1) is 0 Å². The van der Waals surface area contributed by atoms with Crippen LogP contribution in [0.3, 0.4) is 0 Å². The van der Waals surface area contributed by atoms with Crippen molar-refractivity contribution in [2.45, 2.75) is 38.5 Å². The van der Waals surface area contributed by atoms with Gasteiger partial charge in [0.05, 0.1) is 5.41 Å². The number of carbonyl (C=O) groups excluding carboxylic acids is 1. The highest BCUT2D eigenvalue weighted by Gasteiger charge is 2.40. The van der Waals surface area contributed by atoms with Gasteiger partial charge in [-0.1, -0.05) is 36.8 Å². The summed E-state index contributed by atoms with van der Waals surface area (Å²) >= 11 is 0. The molecule has 0 bridgehead atoms. The van der Waals surface area contributed by atoms with Gasteiger partial charge in [-0.3, -0.25) is 4.79 Å². The number of hydrogen-bond donors (Lipinski definition) is 0. The predicted molar refractivity (Wildman–Crippen MR) is 68.2 cm³/mol. The van der Waals surface area contributed by atoms with E-state index in [9.17, 15) is 4.79 Å². The van der Waals surface area contributed by atoms with E-state index in [4.69, 9.17) is 4.74 Å². The monoisotopic (exact) mass is 232 g/mol. The maximum absolute atomic E-state index is 12.3. The third kappa shape index (κ3) is 2.27. The predicted octanol–water partition coefficient (Wildman–Crippen LogP) is 3.02. The Hall–Kier alpha value is -1.15. The van der Waals surface area contributed by atoms with E-state index in [1.807, 2.05) is 13.0 Å². The second-order valence-corrected chi connectivity index (χ2v) is 4.84. The third-order valence-corrected chi connectivity index (χ3v) is 3.77. The maximum atomic E-state index is 12.3. The molecular formula is C15H20O2. The molecule has 1 aromatic carbocycles. The lowest BCUT2D eigenvalue weighted by Gasteiger charge is -2.36. The number of ketones is 1. The van der Waals surface area contributed by atoms with Crippen LogP contribution in [0.5, 0.6) is 0 Å². The molecule has 0 atom stereocenters. The molecule has 0 aliphatic carbocycles. The average Bonchev–Trinajstić information content (AvgIpc) is 2.38. The minimum atomic E-state index is -0.293. The van der Waals surface area contributed by atoms with Gasteiger partial charge in [0.25, 0.3) is 0 Å². The smallest absolute Gasteiger partial charge is 0.143 e. The molecular weight excluding hydrogens is 212 g/mol. The van der Waals surface area contributed by atoms with E-state index in [1.165, 1.54) is 11.1 Å². The summed E-state index contributed by atoms with van der Waals surface area (Å²) in [4.78, 5) is 12.3. The van der Waals surface area contributed by atoms with E-state index in [1.54, 1.807) is 0 Å². The quantitative estimate of drug-likeness (QED) is 0.800. The number of Topliss-reactive ketones (excluding diaryl/α,β-unsaturated/α-hetero) is 1. The number of hydrogen-bond acceptors (Lipinski definition) is 2. The molecule has 1 heterocycles. The zero-order valence-electron chi connectivity index (χ0n) is 10.7. The van der Waals surface area contributed by atoms with Crippen LogP contribution < -0.4 is 0 Å². The first-order chi connectivity index (χ1) is 8.19. The number of rotatable bonds is 3. The van der Waals surface area contributed by atoms with Gasteiger partial charge < -0.3 is 4.74 Å². The fourth-order valence-electron chi connectivity index (χ4n) is 2.73. The SMILES string of the molecule is CCC(=O)C1(c2cccc(C)c2)CCOCC1. The summed E-state index contributed by atoms with van der Waals surface area (Å²) in [6, 6.07) is 8.36. The van der Waals surface area contributed by atoms with Crippen LogP contribution in [-0.2, 0) is 14.9 Å². The Balaban J connectivity index is 2.42. The van der Waals surface area contributed by atoms with Gasteiger partial charge in [0.15, 0.2) is 0 Å². The van der Waals surface area contributed by atoms with E-state index in [-0.39, 0.29) is 5.41 Å². The molecule has 0 spiro atoms. The number of ether oxygens (including phenoxy) is 1. The van der Waals surface area contributed by atoms with E-state index in [0.29, 0.717) is 25.4 Å². The van der Waals surface area contributed by atoms with E-state index >= 15 is 0 Å². The largest absolute Gasteiger partial charge is 0.381 e. The Bertz CT molecular complexity index is 403. The normalized spacial score (nSPS) is 18.9. The third-order valence-electron chi connectivity index (χ3n) is 3.77. The highest BCUT2D eigenvalue weighted by atomic mass is 16.5. The van der Waals surface area contributed by atoms with Crippen molar-refractivity contribution in [3.8, 4) is 0 Å². The summed E-state index contributed by atoms with van der Waals surface area (Å²) in [7, 11) is 0. The van der Waals surface area contributed by atoms with Crippen molar-refractivity contribution in [2.75, 3.05) is 13.2 Å². The van der Waals surface area contributed by atoms with Gasteiger partial charge in [0.2, 0.25) is 0 Å². The molecule has 0 unspecified atom stereocenters. The fraction of sp³-hybridized carbons (Fsp3) is 0.533. The number of carbonyl (C=O) groups is 1. The minimum Gasteiger partial charge on any atom is -0.381 e. The van der Waals surface area contributed by atoms with Gasteiger partial charge in [-0.2, -0.15) is 0 Å². The zero-order valence-corrected chi connectivity index (χ0v) is 10.7. The lowest BCUT2D eigenvalue weighted by Crippen LogP contribution is -2.41. The van der Waals surface area contributed by atoms with Crippen LogP contribution in [-0.4, -0.2) is 19.0 Å². The molecule has 0 amide bonds. The Kier molecular flexibility index (Phi) is 3.63. The standard InChI is InChI=1S/C15H20O2/c1-3-14(16)15(7-9-17-10-8-15)13-6-4-5-12(2)11-13/h4-6,11H,3,7-10H2,1-2H3. The second kappa shape index (κ2) is 5.01. The first-order valence-electron chi connectivity index (χ1n) is 6.37. The summed E-state index contributed by atoms with van der Waals surface area (Å²) in [5.41, 5.74) is 2.10. The van der Waals surface area contributed by atoms with Crippen LogP contribution in [0.1, 0.15) is 37.3 Å². The summed E-state index contributed by atoms with van der Waals surface area (Å²) < 4.78 is 5.42. The van der Waals surface area contributed by atoms with Crippen molar-refractivity contribution in [1.82, 2.24) is 0 Å². The zero-order chi connectivity index (χ0) is 12.3. The number of benzene rings is 1. The molecule has 1 aromatic rings. The van der Waals surface area contributed by atoms with Gasteiger partial charge in [-0.25, -0.2) is 0 Å². The van der Waals surface area contributed by atoms with Crippen molar-refractivity contribution in [3.63, 3.8) is 0 Å². The maximum Gasteiger partial charge on any atom is 0.143 e. The molecule has 2 rings (SSSR count). The van der Waals surface area contributed by atoms with Gasteiger partial charge >= 0.3 is 0 Å². The first-order valence-corrected chi connectivity index (χ1v) is 6.37. The van der Waals surface area contributed by atoms with Crippen LogP contribution in [0.2, 0.25) is 0 Å². The lowest BCUT2D eigenvalue weighted by atomic mass is 9.70. The van der Waals surface area contributed by atoms with Gasteiger partial charge in [-0.05, 0) is 25.3 Å².